The van der Waals surface area contributed by atoms with Crippen LogP contribution in [0, 0.1) is 0 Å². The Morgan fingerprint density at radius 2 is 1.83 bits per heavy atom. The molecule has 7 heteroatoms. The number of carbonyl (C=O) groups is 1. The van der Waals surface area contributed by atoms with E-state index in [0.29, 0.717) is 0 Å². The van der Waals surface area contributed by atoms with E-state index in [1.807, 2.05) is 31.3 Å². The fourth-order valence-corrected chi connectivity index (χ4v) is 2.85. The Bertz CT molecular complexity index is 633. The van der Waals surface area contributed by atoms with Crippen LogP contribution >= 0.6 is 0 Å². The minimum atomic E-state index is 0.0432. The number of fused-ring (bicyclic) bond motifs is 1. The van der Waals surface area contributed by atoms with Gasteiger partial charge in [0.15, 0.2) is 0 Å². The van der Waals surface area contributed by atoms with Crippen molar-refractivity contribution in [1.29, 1.82) is 0 Å². The van der Waals surface area contributed by atoms with E-state index >= 15 is 0 Å². The highest BCUT2D eigenvalue weighted by Crippen LogP contribution is 2.07. The molecule has 1 amide bonds. The SMILES string of the molecule is CN(CCCCN1CCOCC1)C(=O)Cn1nc2ccccc2n1. The maximum Gasteiger partial charge on any atom is 0.245 e. The first kappa shape index (κ1) is 16.9. The van der Waals surface area contributed by atoms with Gasteiger partial charge < -0.3 is 9.64 Å². The number of ether oxygens (including phenoxy) is 1. The average molecular weight is 331 g/mol. The first-order valence-corrected chi connectivity index (χ1v) is 8.56. The third kappa shape index (κ3) is 4.52. The largest absolute Gasteiger partial charge is 0.379 e. The van der Waals surface area contributed by atoms with Crippen LogP contribution in [0.3, 0.4) is 0 Å². The van der Waals surface area contributed by atoms with Crippen LogP contribution < -0.4 is 0 Å². The van der Waals surface area contributed by atoms with Gasteiger partial charge in [-0.1, -0.05) is 12.1 Å². The Labute approximate surface area is 142 Å². The van der Waals surface area contributed by atoms with Crippen molar-refractivity contribution in [1.82, 2.24) is 24.8 Å². The molecule has 1 aromatic carbocycles. The molecule has 0 aliphatic carbocycles. The van der Waals surface area contributed by atoms with Crippen molar-refractivity contribution in [2.24, 2.45) is 0 Å². The maximum absolute atomic E-state index is 12.3. The van der Waals surface area contributed by atoms with Crippen molar-refractivity contribution in [3.8, 4) is 0 Å². The Morgan fingerprint density at radius 3 is 2.50 bits per heavy atom. The van der Waals surface area contributed by atoms with E-state index in [2.05, 4.69) is 15.1 Å². The van der Waals surface area contributed by atoms with Crippen LogP contribution in [0.25, 0.3) is 11.0 Å². The molecule has 3 rings (SSSR count). The summed E-state index contributed by atoms with van der Waals surface area (Å²) in [5, 5.41) is 8.66. The molecule has 0 bridgehead atoms. The van der Waals surface area contributed by atoms with Gasteiger partial charge in [0, 0.05) is 26.7 Å². The summed E-state index contributed by atoms with van der Waals surface area (Å²) in [7, 11) is 1.85. The lowest BCUT2D eigenvalue weighted by Gasteiger charge is -2.26. The second kappa shape index (κ2) is 8.21. The van der Waals surface area contributed by atoms with Gasteiger partial charge in [0.05, 0.1) is 13.2 Å². The van der Waals surface area contributed by atoms with E-state index < -0.39 is 0 Å². The Hall–Kier alpha value is -1.99. The number of nitrogens with zero attached hydrogens (tertiary/aromatic N) is 5. The molecule has 130 valence electrons. The van der Waals surface area contributed by atoms with Crippen LogP contribution in [-0.4, -0.2) is 77.1 Å². The summed E-state index contributed by atoms with van der Waals surface area (Å²) in [6.07, 6.45) is 2.11. The number of aromatic nitrogens is 3. The molecule has 2 heterocycles. The highest BCUT2D eigenvalue weighted by molar-refractivity contribution is 5.77. The molecular formula is C17H25N5O2. The van der Waals surface area contributed by atoms with Gasteiger partial charge >= 0.3 is 0 Å². The van der Waals surface area contributed by atoms with E-state index in [1.54, 1.807) is 4.90 Å². The van der Waals surface area contributed by atoms with Gasteiger partial charge in [0.25, 0.3) is 0 Å². The maximum atomic E-state index is 12.3. The number of morpholine rings is 1. The standard InChI is InChI=1S/C17H25N5O2/c1-20(8-4-5-9-21-10-12-24-13-11-21)17(23)14-22-18-15-6-2-3-7-16(15)19-22/h2-3,6-7H,4-5,8-14H2,1H3. The minimum absolute atomic E-state index is 0.0432. The smallest absolute Gasteiger partial charge is 0.245 e. The zero-order chi connectivity index (χ0) is 16.8. The summed E-state index contributed by atoms with van der Waals surface area (Å²) >= 11 is 0. The van der Waals surface area contributed by atoms with Gasteiger partial charge in [-0.05, 0) is 31.5 Å². The first-order valence-electron chi connectivity index (χ1n) is 8.56. The fourth-order valence-electron chi connectivity index (χ4n) is 2.85. The summed E-state index contributed by atoms with van der Waals surface area (Å²) in [5.41, 5.74) is 1.64. The zero-order valence-electron chi connectivity index (χ0n) is 14.2. The van der Waals surface area contributed by atoms with Crippen molar-refractivity contribution >= 4 is 16.9 Å². The predicted molar refractivity (Wildman–Crippen MR) is 91.7 cm³/mol. The number of carbonyl (C=O) groups excluding carboxylic acids is 1. The summed E-state index contributed by atoms with van der Waals surface area (Å²) in [4.78, 5) is 18.0. The molecular weight excluding hydrogens is 306 g/mol. The van der Waals surface area contributed by atoms with Gasteiger partial charge in [-0.3, -0.25) is 9.69 Å². The molecule has 1 aliphatic rings. The van der Waals surface area contributed by atoms with E-state index in [4.69, 9.17) is 4.74 Å². The van der Waals surface area contributed by atoms with Gasteiger partial charge in [-0.25, -0.2) is 0 Å². The predicted octanol–water partition coefficient (Wildman–Crippen LogP) is 1.00. The van der Waals surface area contributed by atoms with E-state index in [0.717, 1.165) is 63.3 Å². The lowest BCUT2D eigenvalue weighted by atomic mass is 10.2. The number of unbranched alkanes of at least 4 members (excludes halogenated alkanes) is 1. The molecule has 1 aromatic heterocycles. The van der Waals surface area contributed by atoms with Crippen molar-refractivity contribution < 1.29 is 9.53 Å². The van der Waals surface area contributed by atoms with Crippen LogP contribution in [0.1, 0.15) is 12.8 Å². The van der Waals surface area contributed by atoms with Gasteiger partial charge in [0.1, 0.15) is 17.6 Å². The molecule has 7 nitrogen and oxygen atoms in total. The molecule has 2 aromatic rings. The van der Waals surface area contributed by atoms with Crippen molar-refractivity contribution in [2.45, 2.75) is 19.4 Å². The number of amides is 1. The lowest BCUT2D eigenvalue weighted by molar-refractivity contribution is -0.131. The van der Waals surface area contributed by atoms with Crippen LogP contribution in [0.5, 0.6) is 0 Å². The molecule has 0 N–H and O–H groups in total. The van der Waals surface area contributed by atoms with Crippen molar-refractivity contribution in [3.05, 3.63) is 24.3 Å². The third-order valence-electron chi connectivity index (χ3n) is 4.35. The van der Waals surface area contributed by atoms with Crippen LogP contribution in [0.15, 0.2) is 24.3 Å². The third-order valence-corrected chi connectivity index (χ3v) is 4.35. The Kier molecular flexibility index (Phi) is 5.77. The molecule has 24 heavy (non-hydrogen) atoms. The van der Waals surface area contributed by atoms with Crippen LogP contribution in [0.4, 0.5) is 0 Å². The molecule has 0 spiro atoms. The van der Waals surface area contributed by atoms with E-state index in [1.165, 1.54) is 4.80 Å². The minimum Gasteiger partial charge on any atom is -0.379 e. The summed E-state index contributed by atoms with van der Waals surface area (Å²) in [6, 6.07) is 7.64. The molecule has 1 fully saturated rings. The average Bonchev–Trinajstić information content (AvgIpc) is 3.01. The van der Waals surface area contributed by atoms with Gasteiger partial charge in [-0.2, -0.15) is 15.0 Å². The van der Waals surface area contributed by atoms with Crippen LogP contribution in [0.2, 0.25) is 0 Å². The molecule has 1 saturated heterocycles. The van der Waals surface area contributed by atoms with Gasteiger partial charge in [-0.15, -0.1) is 0 Å². The fraction of sp³-hybridized carbons (Fsp3) is 0.588. The van der Waals surface area contributed by atoms with Crippen LogP contribution in [-0.2, 0) is 16.1 Å². The highest BCUT2D eigenvalue weighted by Gasteiger charge is 2.13. The van der Waals surface area contributed by atoms with E-state index in [9.17, 15) is 4.79 Å². The number of hydrogen-bond acceptors (Lipinski definition) is 5. The quantitative estimate of drug-likeness (QED) is 0.708. The summed E-state index contributed by atoms with van der Waals surface area (Å²) in [5.74, 6) is 0.0432. The Balaban J connectivity index is 1.39. The van der Waals surface area contributed by atoms with Crippen molar-refractivity contribution in [2.75, 3.05) is 46.4 Å². The second-order valence-electron chi connectivity index (χ2n) is 6.20. The van der Waals surface area contributed by atoms with Gasteiger partial charge in [0.2, 0.25) is 5.91 Å². The highest BCUT2D eigenvalue weighted by atomic mass is 16.5. The molecule has 0 unspecified atom stereocenters. The topological polar surface area (TPSA) is 63.5 Å². The molecule has 0 atom stereocenters. The Morgan fingerprint density at radius 1 is 1.17 bits per heavy atom. The number of benzene rings is 1. The molecule has 0 saturated carbocycles. The second-order valence-corrected chi connectivity index (χ2v) is 6.20. The molecule has 1 aliphatic heterocycles. The molecule has 0 radical (unpaired) electrons. The zero-order valence-corrected chi connectivity index (χ0v) is 14.2. The lowest BCUT2D eigenvalue weighted by Crippen LogP contribution is -2.37. The number of likely N-dealkylation sites (N-methyl/N-ethyl adjacent to an activating group) is 1. The normalized spacial score (nSPS) is 15.7. The summed E-state index contributed by atoms with van der Waals surface area (Å²) in [6.45, 7) is 5.75. The van der Waals surface area contributed by atoms with E-state index in [-0.39, 0.29) is 12.5 Å². The monoisotopic (exact) mass is 331 g/mol. The number of hydrogen-bond donors (Lipinski definition) is 0. The van der Waals surface area contributed by atoms with Crippen molar-refractivity contribution in [3.63, 3.8) is 0 Å². The summed E-state index contributed by atoms with van der Waals surface area (Å²) < 4.78 is 5.35. The first-order chi connectivity index (χ1) is 11.7. The number of rotatable bonds is 7.